The minimum absolute atomic E-state index is 0.330. The largest absolute Gasteiger partial charge is 0.384 e. The maximum Gasteiger partial charge on any atom is 0.171 e. The van der Waals surface area contributed by atoms with E-state index < -0.39 is 0 Å². The van der Waals surface area contributed by atoms with Crippen molar-refractivity contribution in [1.82, 2.24) is 15.4 Å². The van der Waals surface area contributed by atoms with E-state index >= 15 is 0 Å². The Balaban J connectivity index is 0.000000800. The Hall–Kier alpha value is -0.930. The van der Waals surface area contributed by atoms with Crippen molar-refractivity contribution >= 4 is 46.2 Å². The second kappa shape index (κ2) is 15.0. The third-order valence-corrected chi connectivity index (χ3v) is 5.41. The summed E-state index contributed by atoms with van der Waals surface area (Å²) in [6.45, 7) is 7.76. The third-order valence-electron chi connectivity index (χ3n) is 3.55. The molecule has 0 unspecified atom stereocenters. The van der Waals surface area contributed by atoms with Gasteiger partial charge in [-0.25, -0.2) is 9.38 Å². The highest BCUT2D eigenvalue weighted by molar-refractivity contribution is 8.14. The zero-order valence-electron chi connectivity index (χ0n) is 15.9. The van der Waals surface area contributed by atoms with E-state index in [0.29, 0.717) is 20.8 Å². The Kier molecular flexibility index (Phi) is 13.4. The summed E-state index contributed by atoms with van der Waals surface area (Å²) >= 11 is 8.77. The highest BCUT2D eigenvalue weighted by Crippen LogP contribution is 2.30. The fraction of sp³-hybridized carbons (Fsp3) is 0.500. The summed E-state index contributed by atoms with van der Waals surface area (Å²) in [7, 11) is 1.92. The molecule has 0 spiro atoms. The molecule has 0 saturated carbocycles. The Morgan fingerprint density at radius 2 is 2.04 bits per heavy atom. The van der Waals surface area contributed by atoms with Crippen LogP contribution in [0, 0.1) is 5.82 Å². The second-order valence-electron chi connectivity index (χ2n) is 5.63. The molecule has 0 bridgehead atoms. The smallest absolute Gasteiger partial charge is 0.171 e. The van der Waals surface area contributed by atoms with Gasteiger partial charge in [-0.15, -0.1) is 0 Å². The molecule has 0 aromatic heterocycles. The predicted molar refractivity (Wildman–Crippen MR) is 121 cm³/mol. The van der Waals surface area contributed by atoms with E-state index in [1.807, 2.05) is 13.3 Å². The SMILES string of the molecule is C1CNC1.C=CN=C(NSc1cc(Cl)c(NCCCCNC)cc1F)SC. The molecule has 152 valence electrons. The standard InChI is InChI=1S/C15H22ClFN4S2.C3H7N/c1-4-19-15(22-3)21-23-14-9-11(16)13(10-12(14)17)20-8-6-5-7-18-2;1-2-4-3-1/h4,9-10,18,20H,1,5-8H2,2-3H3,(H,19,21);4H,1-3H2. The number of hydrogen-bond donors (Lipinski definition) is 4. The van der Waals surface area contributed by atoms with Gasteiger partial charge in [0.2, 0.25) is 0 Å². The van der Waals surface area contributed by atoms with Crippen molar-refractivity contribution in [3.05, 3.63) is 35.8 Å². The zero-order valence-corrected chi connectivity index (χ0v) is 18.3. The monoisotopic (exact) mass is 433 g/mol. The molecule has 2 rings (SSSR count). The summed E-state index contributed by atoms with van der Waals surface area (Å²) < 4.78 is 17.1. The maximum absolute atomic E-state index is 14.2. The van der Waals surface area contributed by atoms with Crippen LogP contribution in [0.2, 0.25) is 5.02 Å². The van der Waals surface area contributed by atoms with Crippen molar-refractivity contribution < 1.29 is 4.39 Å². The van der Waals surface area contributed by atoms with Crippen LogP contribution < -0.4 is 20.7 Å². The van der Waals surface area contributed by atoms with Crippen LogP contribution in [0.25, 0.3) is 0 Å². The van der Waals surface area contributed by atoms with E-state index in [0.717, 1.165) is 37.9 Å². The molecule has 1 saturated heterocycles. The van der Waals surface area contributed by atoms with Crippen LogP contribution in [0.4, 0.5) is 10.1 Å². The number of hydrogen-bond acceptors (Lipinski definition) is 6. The van der Waals surface area contributed by atoms with Crippen LogP contribution in [0.1, 0.15) is 19.3 Å². The number of benzene rings is 1. The molecule has 27 heavy (non-hydrogen) atoms. The van der Waals surface area contributed by atoms with Gasteiger partial charge in [0.15, 0.2) is 5.17 Å². The number of rotatable bonds is 9. The highest BCUT2D eigenvalue weighted by atomic mass is 35.5. The highest BCUT2D eigenvalue weighted by Gasteiger charge is 2.10. The molecule has 1 fully saturated rings. The van der Waals surface area contributed by atoms with Crippen molar-refractivity contribution in [2.75, 3.05) is 44.8 Å². The lowest BCUT2D eigenvalue weighted by Gasteiger charge is -2.12. The molecule has 1 aromatic rings. The van der Waals surface area contributed by atoms with Gasteiger partial charge in [0.25, 0.3) is 0 Å². The Labute approximate surface area is 175 Å². The van der Waals surface area contributed by atoms with Crippen LogP contribution in [0.3, 0.4) is 0 Å². The lowest BCUT2D eigenvalue weighted by Crippen LogP contribution is -2.29. The molecule has 1 aromatic carbocycles. The Bertz CT molecular complexity index is 593. The third kappa shape index (κ3) is 10.3. The average Bonchev–Trinajstić information content (AvgIpc) is 2.60. The van der Waals surface area contributed by atoms with Crippen molar-refractivity contribution in [2.45, 2.75) is 24.2 Å². The lowest BCUT2D eigenvalue weighted by atomic mass is 10.2. The number of anilines is 1. The van der Waals surface area contributed by atoms with Gasteiger partial charge in [0.05, 0.1) is 15.6 Å². The first-order valence-electron chi connectivity index (χ1n) is 8.86. The number of unbranched alkanes of at least 4 members (excludes halogenated alkanes) is 1. The molecular weight excluding hydrogens is 405 g/mol. The van der Waals surface area contributed by atoms with E-state index in [1.165, 1.54) is 43.5 Å². The van der Waals surface area contributed by atoms with Gasteiger partial charge in [0, 0.05) is 12.7 Å². The van der Waals surface area contributed by atoms with E-state index in [-0.39, 0.29) is 5.82 Å². The summed E-state index contributed by atoms with van der Waals surface area (Å²) in [4.78, 5) is 4.45. The van der Waals surface area contributed by atoms with E-state index in [1.54, 1.807) is 6.07 Å². The van der Waals surface area contributed by atoms with Gasteiger partial charge in [0.1, 0.15) is 5.82 Å². The minimum Gasteiger partial charge on any atom is -0.384 e. The topological polar surface area (TPSA) is 60.5 Å². The van der Waals surface area contributed by atoms with Gasteiger partial charge >= 0.3 is 0 Å². The van der Waals surface area contributed by atoms with Crippen LogP contribution in [-0.4, -0.2) is 44.7 Å². The van der Waals surface area contributed by atoms with E-state index in [9.17, 15) is 4.39 Å². The van der Waals surface area contributed by atoms with Crippen LogP contribution in [0.5, 0.6) is 0 Å². The molecule has 1 heterocycles. The summed E-state index contributed by atoms with van der Waals surface area (Å²) in [6, 6.07) is 3.03. The second-order valence-corrected chi connectivity index (χ2v) is 7.68. The van der Waals surface area contributed by atoms with Crippen LogP contribution >= 0.6 is 35.3 Å². The van der Waals surface area contributed by atoms with Crippen molar-refractivity contribution in [1.29, 1.82) is 0 Å². The summed E-state index contributed by atoms with van der Waals surface area (Å²) in [5, 5.41) is 10.5. The summed E-state index contributed by atoms with van der Waals surface area (Å²) in [5.41, 5.74) is 0.614. The molecule has 9 heteroatoms. The number of aliphatic imine (C=N–C) groups is 1. The molecule has 0 aliphatic carbocycles. The molecule has 5 nitrogen and oxygen atoms in total. The number of thioether (sulfide) groups is 1. The Morgan fingerprint density at radius 1 is 1.37 bits per heavy atom. The van der Waals surface area contributed by atoms with Gasteiger partial charge in [-0.1, -0.05) is 29.9 Å². The fourth-order valence-electron chi connectivity index (χ4n) is 1.87. The summed E-state index contributed by atoms with van der Waals surface area (Å²) in [6.07, 6.45) is 6.75. The molecule has 0 atom stereocenters. The Morgan fingerprint density at radius 3 is 2.59 bits per heavy atom. The molecule has 4 N–H and O–H groups in total. The molecule has 0 amide bonds. The molecule has 1 aliphatic rings. The van der Waals surface area contributed by atoms with Crippen LogP contribution in [0.15, 0.2) is 34.8 Å². The number of nitrogens with zero attached hydrogens (tertiary/aromatic N) is 1. The average molecular weight is 434 g/mol. The van der Waals surface area contributed by atoms with Gasteiger partial charge in [-0.3, -0.25) is 0 Å². The van der Waals surface area contributed by atoms with Crippen molar-refractivity contribution in [2.24, 2.45) is 4.99 Å². The van der Waals surface area contributed by atoms with Gasteiger partial charge in [-0.05, 0) is 76.3 Å². The maximum atomic E-state index is 14.2. The first-order chi connectivity index (χ1) is 13.1. The van der Waals surface area contributed by atoms with Crippen molar-refractivity contribution in [3.63, 3.8) is 0 Å². The number of amidine groups is 1. The zero-order chi connectivity index (χ0) is 19.9. The van der Waals surface area contributed by atoms with Crippen LogP contribution in [-0.2, 0) is 0 Å². The lowest BCUT2D eigenvalue weighted by molar-refractivity contribution is 0.527. The summed E-state index contributed by atoms with van der Waals surface area (Å²) in [5.74, 6) is -0.330. The van der Waals surface area contributed by atoms with Gasteiger partial charge in [-0.2, -0.15) is 0 Å². The first kappa shape index (κ1) is 24.1. The number of halogens is 2. The van der Waals surface area contributed by atoms with Crippen molar-refractivity contribution in [3.8, 4) is 0 Å². The van der Waals surface area contributed by atoms with E-state index in [4.69, 9.17) is 11.6 Å². The number of nitrogens with one attached hydrogen (secondary N) is 4. The van der Waals surface area contributed by atoms with E-state index in [2.05, 4.69) is 32.2 Å². The normalized spacial score (nSPS) is 13.3. The predicted octanol–water partition coefficient (Wildman–Crippen LogP) is 4.33. The first-order valence-corrected chi connectivity index (χ1v) is 11.3. The quantitative estimate of drug-likeness (QED) is 0.201. The molecule has 1 aliphatic heterocycles. The van der Waals surface area contributed by atoms with Gasteiger partial charge < -0.3 is 20.7 Å². The molecular formula is C18H29ClFN5S2. The minimum atomic E-state index is -0.330. The molecule has 0 radical (unpaired) electrons. The fourth-order valence-corrected chi connectivity index (χ4v) is 3.39.